The summed E-state index contributed by atoms with van der Waals surface area (Å²) >= 11 is 3.60. The molecular weight excluding hydrogens is 242 g/mol. The van der Waals surface area contributed by atoms with Gasteiger partial charge < -0.3 is 4.74 Å². The van der Waals surface area contributed by atoms with Crippen molar-refractivity contribution >= 4 is 15.9 Å². The fourth-order valence-electron chi connectivity index (χ4n) is 2.59. The van der Waals surface area contributed by atoms with Gasteiger partial charge in [0.25, 0.3) is 0 Å². The molecule has 0 aliphatic carbocycles. The fraction of sp³-hybridized carbons (Fsp3) is 1.00. The molecule has 82 valence electrons. The Morgan fingerprint density at radius 3 is 2.86 bits per heavy atom. The molecule has 2 aliphatic rings. The molecule has 0 aromatic rings. The SMILES string of the molecule is CC1C(CBr)CCN1CC1CCCO1. The van der Waals surface area contributed by atoms with E-state index in [4.69, 9.17) is 4.74 Å². The van der Waals surface area contributed by atoms with Crippen LogP contribution in [0.5, 0.6) is 0 Å². The number of rotatable bonds is 3. The quantitative estimate of drug-likeness (QED) is 0.723. The van der Waals surface area contributed by atoms with E-state index in [9.17, 15) is 0 Å². The second-order valence-electron chi connectivity index (χ2n) is 4.57. The Balaban J connectivity index is 1.80. The standard InChI is InChI=1S/C11H20BrNO/c1-9-10(7-12)4-5-13(9)8-11-3-2-6-14-11/h9-11H,2-8H2,1H3. The van der Waals surface area contributed by atoms with Crippen molar-refractivity contribution in [1.82, 2.24) is 4.90 Å². The van der Waals surface area contributed by atoms with Gasteiger partial charge in [-0.05, 0) is 38.6 Å². The lowest BCUT2D eigenvalue weighted by Crippen LogP contribution is -2.36. The topological polar surface area (TPSA) is 12.5 Å². The summed E-state index contributed by atoms with van der Waals surface area (Å²) in [6.45, 7) is 5.75. The van der Waals surface area contributed by atoms with Crippen molar-refractivity contribution in [2.75, 3.05) is 25.0 Å². The second kappa shape index (κ2) is 4.95. The minimum absolute atomic E-state index is 0.520. The molecule has 2 fully saturated rings. The van der Waals surface area contributed by atoms with Gasteiger partial charge in [0.05, 0.1) is 6.10 Å². The molecule has 2 heterocycles. The van der Waals surface area contributed by atoms with Crippen LogP contribution in [0.3, 0.4) is 0 Å². The molecule has 0 aromatic heterocycles. The Hall–Kier alpha value is 0.400. The number of alkyl halides is 1. The van der Waals surface area contributed by atoms with Crippen molar-refractivity contribution in [3.63, 3.8) is 0 Å². The van der Waals surface area contributed by atoms with Gasteiger partial charge in [-0.3, -0.25) is 4.90 Å². The van der Waals surface area contributed by atoms with Crippen LogP contribution >= 0.6 is 15.9 Å². The highest BCUT2D eigenvalue weighted by molar-refractivity contribution is 9.09. The Kier molecular flexibility index (Phi) is 3.86. The predicted molar refractivity (Wildman–Crippen MR) is 61.9 cm³/mol. The van der Waals surface area contributed by atoms with Gasteiger partial charge >= 0.3 is 0 Å². The minimum Gasteiger partial charge on any atom is -0.377 e. The summed E-state index contributed by atoms with van der Waals surface area (Å²) in [4.78, 5) is 2.60. The number of hydrogen-bond donors (Lipinski definition) is 0. The first-order chi connectivity index (χ1) is 6.81. The van der Waals surface area contributed by atoms with Gasteiger partial charge in [-0.1, -0.05) is 15.9 Å². The molecule has 3 unspecified atom stereocenters. The first kappa shape index (κ1) is 10.9. The predicted octanol–water partition coefficient (Wildman–Crippen LogP) is 2.27. The van der Waals surface area contributed by atoms with Gasteiger partial charge in [-0.15, -0.1) is 0 Å². The van der Waals surface area contributed by atoms with Crippen molar-refractivity contribution in [2.24, 2.45) is 5.92 Å². The Bertz CT molecular complexity index is 182. The van der Waals surface area contributed by atoms with Crippen LogP contribution in [-0.2, 0) is 4.74 Å². The van der Waals surface area contributed by atoms with Gasteiger partial charge in [0.15, 0.2) is 0 Å². The minimum atomic E-state index is 0.520. The highest BCUT2D eigenvalue weighted by Gasteiger charge is 2.31. The number of ether oxygens (including phenoxy) is 1. The van der Waals surface area contributed by atoms with Gasteiger partial charge in [0, 0.05) is 24.5 Å². The molecule has 3 heteroatoms. The number of halogens is 1. The van der Waals surface area contributed by atoms with E-state index in [0.717, 1.165) is 30.4 Å². The molecule has 0 radical (unpaired) electrons. The summed E-state index contributed by atoms with van der Waals surface area (Å²) in [5.41, 5.74) is 0. The van der Waals surface area contributed by atoms with Crippen LogP contribution in [0.1, 0.15) is 26.2 Å². The molecule has 0 bridgehead atoms. The third kappa shape index (κ3) is 2.31. The van der Waals surface area contributed by atoms with Crippen LogP contribution in [0.15, 0.2) is 0 Å². The lowest BCUT2D eigenvalue weighted by atomic mass is 10.1. The van der Waals surface area contributed by atoms with Crippen molar-refractivity contribution in [2.45, 2.75) is 38.3 Å². The molecule has 2 aliphatic heterocycles. The highest BCUT2D eigenvalue weighted by Crippen LogP contribution is 2.27. The molecule has 0 saturated carbocycles. The molecule has 2 saturated heterocycles. The summed E-state index contributed by atoms with van der Waals surface area (Å²) in [6, 6.07) is 0.735. The molecule has 2 nitrogen and oxygen atoms in total. The van der Waals surface area contributed by atoms with Gasteiger partial charge in [-0.25, -0.2) is 0 Å². The molecule has 0 aromatic carbocycles. The van der Waals surface area contributed by atoms with E-state index in [1.807, 2.05) is 0 Å². The summed E-state index contributed by atoms with van der Waals surface area (Å²) in [6.07, 6.45) is 4.39. The lowest BCUT2D eigenvalue weighted by molar-refractivity contribution is 0.0689. The zero-order valence-corrected chi connectivity index (χ0v) is 10.5. The Labute approximate surface area is 95.1 Å². The van der Waals surface area contributed by atoms with Crippen LogP contribution < -0.4 is 0 Å². The van der Waals surface area contributed by atoms with Crippen LogP contribution in [0.4, 0.5) is 0 Å². The molecule has 0 amide bonds. The molecule has 14 heavy (non-hydrogen) atoms. The largest absolute Gasteiger partial charge is 0.377 e. The molecule has 0 spiro atoms. The lowest BCUT2D eigenvalue weighted by Gasteiger charge is -2.26. The second-order valence-corrected chi connectivity index (χ2v) is 5.22. The Morgan fingerprint density at radius 2 is 2.29 bits per heavy atom. The maximum atomic E-state index is 5.68. The van der Waals surface area contributed by atoms with Crippen molar-refractivity contribution in [3.8, 4) is 0 Å². The van der Waals surface area contributed by atoms with Crippen LogP contribution in [0, 0.1) is 5.92 Å². The first-order valence-electron chi connectivity index (χ1n) is 5.73. The van der Waals surface area contributed by atoms with Crippen LogP contribution in [0.2, 0.25) is 0 Å². The summed E-state index contributed by atoms with van der Waals surface area (Å²) in [5.74, 6) is 0.844. The van der Waals surface area contributed by atoms with Crippen molar-refractivity contribution in [3.05, 3.63) is 0 Å². The zero-order valence-electron chi connectivity index (χ0n) is 8.92. The van der Waals surface area contributed by atoms with E-state index < -0.39 is 0 Å². The average molecular weight is 262 g/mol. The van der Waals surface area contributed by atoms with E-state index in [-0.39, 0.29) is 0 Å². The number of hydrogen-bond acceptors (Lipinski definition) is 2. The van der Waals surface area contributed by atoms with Gasteiger partial charge in [-0.2, -0.15) is 0 Å². The van der Waals surface area contributed by atoms with E-state index >= 15 is 0 Å². The van der Waals surface area contributed by atoms with Crippen LogP contribution in [-0.4, -0.2) is 42.1 Å². The average Bonchev–Trinajstić information content (AvgIpc) is 2.79. The third-order valence-electron chi connectivity index (χ3n) is 3.71. The normalized spacial score (nSPS) is 39.4. The van der Waals surface area contributed by atoms with Crippen molar-refractivity contribution in [1.29, 1.82) is 0 Å². The Morgan fingerprint density at radius 1 is 1.43 bits per heavy atom. The molecule has 3 atom stereocenters. The smallest absolute Gasteiger partial charge is 0.0702 e. The van der Waals surface area contributed by atoms with Gasteiger partial charge in [0.1, 0.15) is 0 Å². The summed E-state index contributed by atoms with van der Waals surface area (Å²) in [7, 11) is 0. The maximum Gasteiger partial charge on any atom is 0.0702 e. The zero-order chi connectivity index (χ0) is 9.97. The molecular formula is C11H20BrNO. The maximum absolute atomic E-state index is 5.68. The van der Waals surface area contributed by atoms with E-state index in [1.54, 1.807) is 0 Å². The summed E-state index contributed by atoms with van der Waals surface area (Å²) < 4.78 is 5.68. The monoisotopic (exact) mass is 261 g/mol. The number of likely N-dealkylation sites (tertiary alicyclic amines) is 1. The van der Waals surface area contributed by atoms with E-state index in [2.05, 4.69) is 27.8 Å². The van der Waals surface area contributed by atoms with Crippen molar-refractivity contribution < 1.29 is 4.74 Å². The third-order valence-corrected chi connectivity index (χ3v) is 4.54. The first-order valence-corrected chi connectivity index (χ1v) is 6.85. The van der Waals surface area contributed by atoms with E-state index in [1.165, 1.54) is 25.8 Å². The number of nitrogens with zero attached hydrogens (tertiary/aromatic N) is 1. The fourth-order valence-corrected chi connectivity index (χ4v) is 3.45. The summed E-state index contributed by atoms with van der Waals surface area (Å²) in [5, 5.41) is 1.15. The van der Waals surface area contributed by atoms with E-state index in [0.29, 0.717) is 6.10 Å². The van der Waals surface area contributed by atoms with Crippen LogP contribution in [0.25, 0.3) is 0 Å². The molecule has 2 rings (SSSR count). The van der Waals surface area contributed by atoms with Gasteiger partial charge in [0.2, 0.25) is 0 Å². The molecule has 0 N–H and O–H groups in total. The highest BCUT2D eigenvalue weighted by atomic mass is 79.9.